The van der Waals surface area contributed by atoms with Crippen LogP contribution in [0.5, 0.6) is 0 Å². The van der Waals surface area contributed by atoms with E-state index >= 15 is 0 Å². The van der Waals surface area contributed by atoms with Gasteiger partial charge in [-0.25, -0.2) is 0 Å². The fourth-order valence-electron chi connectivity index (χ4n) is 1.21. The molecule has 1 atom stereocenters. The molecule has 13 heavy (non-hydrogen) atoms. The fraction of sp³-hybridized carbons (Fsp3) is 0.900. The minimum Gasteiger partial charge on any atom is -0.388 e. The molecule has 2 N–H and O–H groups in total. The molecule has 0 spiro atoms. The number of Topliss-reactive ketones (excluding diaryl/α,β-unsaturated/α-hetero) is 1. The molecule has 0 aliphatic carbocycles. The summed E-state index contributed by atoms with van der Waals surface area (Å²) in [5, 5.41) is 17.6. The second-order valence-corrected chi connectivity index (χ2v) is 3.34. The van der Waals surface area contributed by atoms with Gasteiger partial charge >= 0.3 is 0 Å². The predicted molar refractivity (Wildman–Crippen MR) is 51.5 cm³/mol. The lowest BCUT2D eigenvalue weighted by Crippen LogP contribution is -2.23. The topological polar surface area (TPSA) is 57.5 Å². The number of carbonyl (C=O) groups is 1. The molecule has 0 fully saturated rings. The molecule has 0 rings (SSSR count). The first-order chi connectivity index (χ1) is 6.22. The monoisotopic (exact) mass is 188 g/mol. The number of unbranched alkanes of at least 4 members (excludes halogenated alkanes) is 4. The number of rotatable bonds is 8. The van der Waals surface area contributed by atoms with Crippen molar-refractivity contribution >= 4 is 5.78 Å². The van der Waals surface area contributed by atoms with Gasteiger partial charge in [-0.05, 0) is 6.42 Å². The van der Waals surface area contributed by atoms with E-state index in [1.807, 2.05) is 0 Å². The van der Waals surface area contributed by atoms with E-state index in [0.717, 1.165) is 19.3 Å². The largest absolute Gasteiger partial charge is 0.388 e. The molecule has 0 aliphatic rings. The van der Waals surface area contributed by atoms with Crippen molar-refractivity contribution in [3.8, 4) is 0 Å². The molecule has 3 heteroatoms. The molecular formula is C10H20O3. The third-order valence-electron chi connectivity index (χ3n) is 2.11. The maximum absolute atomic E-state index is 10.7. The van der Waals surface area contributed by atoms with Gasteiger partial charge in [-0.1, -0.05) is 39.0 Å². The SMILES string of the molecule is CCCCCCC[C@H](O)C(=O)CO. The van der Waals surface area contributed by atoms with Gasteiger partial charge in [0.15, 0.2) is 5.78 Å². The van der Waals surface area contributed by atoms with Crippen LogP contribution in [0.2, 0.25) is 0 Å². The van der Waals surface area contributed by atoms with Crippen LogP contribution in [0.15, 0.2) is 0 Å². The molecule has 78 valence electrons. The Kier molecular flexibility index (Phi) is 7.94. The normalized spacial score (nSPS) is 12.8. The Morgan fingerprint density at radius 3 is 2.38 bits per heavy atom. The minimum absolute atomic E-state index is 0.463. The van der Waals surface area contributed by atoms with Crippen molar-refractivity contribution in [1.29, 1.82) is 0 Å². The molecular weight excluding hydrogens is 168 g/mol. The van der Waals surface area contributed by atoms with Crippen molar-refractivity contribution < 1.29 is 15.0 Å². The Balaban J connectivity index is 3.26. The van der Waals surface area contributed by atoms with Gasteiger partial charge in [0, 0.05) is 0 Å². The van der Waals surface area contributed by atoms with Crippen LogP contribution in [-0.2, 0) is 4.79 Å². The Morgan fingerprint density at radius 2 is 1.85 bits per heavy atom. The van der Waals surface area contributed by atoms with E-state index in [9.17, 15) is 4.79 Å². The molecule has 0 aromatic rings. The summed E-state index contributed by atoms with van der Waals surface area (Å²) in [6.07, 6.45) is 5.03. The molecule has 0 amide bonds. The van der Waals surface area contributed by atoms with Gasteiger partial charge in [0.1, 0.15) is 12.7 Å². The fourth-order valence-corrected chi connectivity index (χ4v) is 1.21. The first-order valence-corrected chi connectivity index (χ1v) is 5.04. The first-order valence-electron chi connectivity index (χ1n) is 5.04. The van der Waals surface area contributed by atoms with Gasteiger partial charge in [-0.3, -0.25) is 4.79 Å². The van der Waals surface area contributed by atoms with Crippen molar-refractivity contribution in [2.24, 2.45) is 0 Å². The smallest absolute Gasteiger partial charge is 0.186 e. The van der Waals surface area contributed by atoms with E-state index < -0.39 is 18.5 Å². The number of hydrogen-bond acceptors (Lipinski definition) is 3. The highest BCUT2D eigenvalue weighted by Gasteiger charge is 2.12. The predicted octanol–water partition coefficient (Wildman–Crippen LogP) is 1.27. The summed E-state index contributed by atoms with van der Waals surface area (Å²) in [5.41, 5.74) is 0. The molecule has 0 bridgehead atoms. The molecule has 0 aromatic carbocycles. The summed E-state index contributed by atoms with van der Waals surface area (Å²) < 4.78 is 0. The van der Waals surface area contributed by atoms with Crippen molar-refractivity contribution in [3.63, 3.8) is 0 Å². The van der Waals surface area contributed by atoms with Gasteiger partial charge in [0.2, 0.25) is 0 Å². The number of ketones is 1. The number of aliphatic hydroxyl groups is 2. The first kappa shape index (κ1) is 12.6. The summed E-state index contributed by atoms with van der Waals surface area (Å²) in [7, 11) is 0. The van der Waals surface area contributed by atoms with Gasteiger partial charge in [-0.2, -0.15) is 0 Å². The zero-order chi connectivity index (χ0) is 10.1. The third kappa shape index (κ3) is 6.72. The zero-order valence-electron chi connectivity index (χ0n) is 8.33. The van der Waals surface area contributed by atoms with Gasteiger partial charge < -0.3 is 10.2 Å². The molecule has 0 saturated carbocycles. The minimum atomic E-state index is -0.952. The molecule has 0 unspecified atom stereocenters. The second-order valence-electron chi connectivity index (χ2n) is 3.34. The van der Waals surface area contributed by atoms with Gasteiger partial charge in [0.25, 0.3) is 0 Å². The van der Waals surface area contributed by atoms with E-state index in [1.54, 1.807) is 0 Å². The Hall–Kier alpha value is -0.410. The Morgan fingerprint density at radius 1 is 1.23 bits per heavy atom. The highest BCUT2D eigenvalue weighted by atomic mass is 16.3. The Labute approximate surface area is 79.8 Å². The number of aliphatic hydroxyl groups excluding tert-OH is 2. The summed E-state index contributed by atoms with van der Waals surface area (Å²) in [5.74, 6) is -0.463. The van der Waals surface area contributed by atoms with Gasteiger partial charge in [-0.15, -0.1) is 0 Å². The van der Waals surface area contributed by atoms with Crippen molar-refractivity contribution in [2.75, 3.05) is 6.61 Å². The average Bonchev–Trinajstić information content (AvgIpc) is 2.16. The van der Waals surface area contributed by atoms with Crippen molar-refractivity contribution in [3.05, 3.63) is 0 Å². The van der Waals surface area contributed by atoms with E-state index in [2.05, 4.69) is 6.92 Å². The van der Waals surface area contributed by atoms with Crippen LogP contribution < -0.4 is 0 Å². The summed E-state index contributed by atoms with van der Waals surface area (Å²) >= 11 is 0. The van der Waals surface area contributed by atoms with Crippen LogP contribution in [0.3, 0.4) is 0 Å². The standard InChI is InChI=1S/C10H20O3/c1-2-3-4-5-6-7-9(12)10(13)8-11/h9,11-12H,2-8H2,1H3/t9-/m0/s1. The average molecular weight is 188 g/mol. The maximum Gasteiger partial charge on any atom is 0.186 e. The Bertz CT molecular complexity index is 134. The summed E-state index contributed by atoms with van der Waals surface area (Å²) in [6, 6.07) is 0. The molecule has 3 nitrogen and oxygen atoms in total. The molecule has 0 heterocycles. The third-order valence-corrected chi connectivity index (χ3v) is 2.11. The lowest BCUT2D eigenvalue weighted by Gasteiger charge is -2.06. The quantitative estimate of drug-likeness (QED) is 0.564. The van der Waals surface area contributed by atoms with Crippen LogP contribution in [-0.4, -0.2) is 28.7 Å². The summed E-state index contributed by atoms with van der Waals surface area (Å²) in [6.45, 7) is 1.60. The maximum atomic E-state index is 10.7. The van der Waals surface area contributed by atoms with Crippen LogP contribution in [0.1, 0.15) is 45.4 Å². The molecule has 0 aromatic heterocycles. The number of carbonyl (C=O) groups excluding carboxylic acids is 1. The van der Waals surface area contributed by atoms with E-state index in [4.69, 9.17) is 10.2 Å². The van der Waals surface area contributed by atoms with E-state index in [0.29, 0.717) is 6.42 Å². The molecule has 0 aliphatic heterocycles. The van der Waals surface area contributed by atoms with Crippen molar-refractivity contribution in [2.45, 2.75) is 51.6 Å². The zero-order valence-corrected chi connectivity index (χ0v) is 8.33. The second kappa shape index (κ2) is 8.20. The number of hydrogen-bond donors (Lipinski definition) is 2. The van der Waals surface area contributed by atoms with E-state index in [-0.39, 0.29) is 0 Å². The summed E-state index contributed by atoms with van der Waals surface area (Å²) in [4.78, 5) is 10.7. The van der Waals surface area contributed by atoms with Crippen LogP contribution in [0.25, 0.3) is 0 Å². The molecule has 0 saturated heterocycles. The van der Waals surface area contributed by atoms with Crippen LogP contribution >= 0.6 is 0 Å². The lowest BCUT2D eigenvalue weighted by molar-refractivity contribution is -0.130. The van der Waals surface area contributed by atoms with Crippen molar-refractivity contribution in [1.82, 2.24) is 0 Å². The highest BCUT2D eigenvalue weighted by molar-refractivity contribution is 5.83. The van der Waals surface area contributed by atoms with Crippen LogP contribution in [0, 0.1) is 0 Å². The van der Waals surface area contributed by atoms with Crippen LogP contribution in [0.4, 0.5) is 0 Å². The van der Waals surface area contributed by atoms with E-state index in [1.165, 1.54) is 12.8 Å². The highest BCUT2D eigenvalue weighted by Crippen LogP contribution is 2.07. The molecule has 0 radical (unpaired) electrons. The van der Waals surface area contributed by atoms with Gasteiger partial charge in [0.05, 0.1) is 0 Å². The lowest BCUT2D eigenvalue weighted by atomic mass is 10.1.